The van der Waals surface area contributed by atoms with E-state index >= 15 is 0 Å². The molecule has 0 saturated carbocycles. The van der Waals surface area contributed by atoms with Crippen LogP contribution in [0.1, 0.15) is 28.5 Å². The van der Waals surface area contributed by atoms with Gasteiger partial charge in [0.25, 0.3) is 5.91 Å². The summed E-state index contributed by atoms with van der Waals surface area (Å²) < 4.78 is 1.65. The van der Waals surface area contributed by atoms with E-state index in [1.807, 2.05) is 12.1 Å². The van der Waals surface area contributed by atoms with Crippen LogP contribution in [0.15, 0.2) is 42.6 Å². The van der Waals surface area contributed by atoms with E-state index in [2.05, 4.69) is 21.5 Å². The maximum atomic E-state index is 13.0. The maximum absolute atomic E-state index is 13.0. The number of hydrogen-bond donors (Lipinski definition) is 1. The molecular weight excluding hydrogens is 404 g/mol. The molecule has 4 rings (SSSR count). The number of carbonyl (C=O) groups excluding carboxylic acids is 2. The third-order valence-electron chi connectivity index (χ3n) is 4.73. The number of nitrogens with one attached hydrogen (secondary N) is 1. The molecule has 0 unspecified atom stereocenters. The Bertz CT molecular complexity index is 1180. The van der Waals surface area contributed by atoms with E-state index < -0.39 is 0 Å². The predicted octanol–water partition coefficient (Wildman–Crippen LogP) is 3.08. The quantitative estimate of drug-likeness (QED) is 0.698. The summed E-state index contributed by atoms with van der Waals surface area (Å²) in [7, 11) is 0. The van der Waals surface area contributed by atoms with Crippen molar-refractivity contribution in [3.63, 3.8) is 0 Å². The molecule has 0 fully saturated rings. The van der Waals surface area contributed by atoms with Crippen molar-refractivity contribution in [2.24, 2.45) is 0 Å². The molecule has 8 nitrogen and oxygen atoms in total. The van der Waals surface area contributed by atoms with E-state index in [-0.39, 0.29) is 11.8 Å². The lowest BCUT2D eigenvalue weighted by Gasteiger charge is -2.27. The molecule has 1 aliphatic rings. The first kappa shape index (κ1) is 19.6. The molecule has 3 heterocycles. The highest BCUT2D eigenvalue weighted by molar-refractivity contribution is 6.30. The first-order chi connectivity index (χ1) is 14.4. The minimum Gasteiger partial charge on any atom is -0.331 e. The van der Waals surface area contributed by atoms with E-state index in [9.17, 15) is 9.59 Å². The van der Waals surface area contributed by atoms with Crippen LogP contribution in [0.4, 0.5) is 5.69 Å². The summed E-state index contributed by atoms with van der Waals surface area (Å²) in [5.41, 5.74) is 3.35. The fourth-order valence-electron chi connectivity index (χ4n) is 3.34. The normalized spacial score (nSPS) is 13.0. The standard InChI is InChI=1S/C21H17ClN6O2/c1-13(29)25-17-8-16(22)11-24-20(17)18-9-19-21(30)27(6-7-28(19)26-18)12-15-4-2-14(10-23)3-5-15/h2-5,8-9,11H,6-7,12H2,1H3,(H,25,29). The van der Waals surface area contributed by atoms with Gasteiger partial charge >= 0.3 is 0 Å². The van der Waals surface area contributed by atoms with Gasteiger partial charge in [-0.2, -0.15) is 10.4 Å². The Morgan fingerprint density at radius 1 is 1.27 bits per heavy atom. The zero-order chi connectivity index (χ0) is 21.3. The summed E-state index contributed by atoms with van der Waals surface area (Å²) in [6.45, 7) is 2.90. The molecule has 0 saturated heterocycles. The van der Waals surface area contributed by atoms with Gasteiger partial charge in [0.1, 0.15) is 17.1 Å². The number of nitriles is 1. The summed E-state index contributed by atoms with van der Waals surface area (Å²) in [5, 5.41) is 16.5. The number of carbonyl (C=O) groups is 2. The second kappa shape index (κ2) is 7.97. The van der Waals surface area contributed by atoms with Crippen molar-refractivity contribution >= 4 is 29.1 Å². The van der Waals surface area contributed by atoms with Gasteiger partial charge in [0.05, 0.1) is 28.9 Å². The van der Waals surface area contributed by atoms with E-state index in [4.69, 9.17) is 16.9 Å². The molecule has 0 radical (unpaired) electrons. The zero-order valence-electron chi connectivity index (χ0n) is 16.1. The van der Waals surface area contributed by atoms with E-state index in [0.717, 1.165) is 5.56 Å². The van der Waals surface area contributed by atoms with Crippen LogP contribution in [0.2, 0.25) is 5.02 Å². The third-order valence-corrected chi connectivity index (χ3v) is 4.94. The van der Waals surface area contributed by atoms with Crippen LogP contribution < -0.4 is 5.32 Å². The summed E-state index contributed by atoms with van der Waals surface area (Å²) in [4.78, 5) is 30.6. The second-order valence-electron chi connectivity index (χ2n) is 6.90. The molecule has 30 heavy (non-hydrogen) atoms. The number of fused-ring (bicyclic) bond motifs is 1. The van der Waals surface area contributed by atoms with Gasteiger partial charge in [0.2, 0.25) is 5.91 Å². The van der Waals surface area contributed by atoms with Gasteiger partial charge in [0.15, 0.2) is 0 Å². The minimum absolute atomic E-state index is 0.139. The van der Waals surface area contributed by atoms with Crippen molar-refractivity contribution in [3.8, 4) is 17.5 Å². The van der Waals surface area contributed by atoms with Gasteiger partial charge in [-0.1, -0.05) is 23.7 Å². The van der Waals surface area contributed by atoms with Gasteiger partial charge in [-0.3, -0.25) is 19.3 Å². The Morgan fingerprint density at radius 3 is 2.73 bits per heavy atom. The van der Waals surface area contributed by atoms with Crippen molar-refractivity contribution in [1.29, 1.82) is 5.26 Å². The molecule has 1 aromatic carbocycles. The molecule has 3 aromatic rings. The van der Waals surface area contributed by atoms with Crippen molar-refractivity contribution in [2.45, 2.75) is 20.0 Å². The average molecular weight is 421 g/mol. The van der Waals surface area contributed by atoms with Crippen LogP contribution in [0.5, 0.6) is 0 Å². The third kappa shape index (κ3) is 3.88. The topological polar surface area (TPSA) is 104 Å². The summed E-state index contributed by atoms with van der Waals surface area (Å²) in [5.74, 6) is -0.395. The van der Waals surface area contributed by atoms with Crippen molar-refractivity contribution in [1.82, 2.24) is 19.7 Å². The van der Waals surface area contributed by atoms with Crippen molar-refractivity contribution in [3.05, 3.63) is 64.4 Å². The Morgan fingerprint density at radius 2 is 2.03 bits per heavy atom. The summed E-state index contributed by atoms with van der Waals surface area (Å²) in [6, 6.07) is 12.5. The fourth-order valence-corrected chi connectivity index (χ4v) is 3.50. The molecular formula is C21H17ClN6O2. The fraction of sp³-hybridized carbons (Fsp3) is 0.190. The van der Waals surface area contributed by atoms with Gasteiger partial charge < -0.3 is 10.2 Å². The number of nitrogens with zero attached hydrogens (tertiary/aromatic N) is 5. The zero-order valence-corrected chi connectivity index (χ0v) is 16.8. The van der Waals surface area contributed by atoms with E-state index in [1.165, 1.54) is 13.1 Å². The van der Waals surface area contributed by atoms with Crippen LogP contribution in [0.3, 0.4) is 0 Å². The number of rotatable bonds is 4. The molecule has 1 aliphatic heterocycles. The molecule has 2 amide bonds. The molecule has 9 heteroatoms. The Balaban J connectivity index is 1.60. The summed E-state index contributed by atoms with van der Waals surface area (Å²) in [6.07, 6.45) is 1.47. The first-order valence-electron chi connectivity index (χ1n) is 9.24. The molecule has 0 atom stereocenters. The smallest absolute Gasteiger partial charge is 0.272 e. The van der Waals surface area contributed by atoms with Gasteiger partial charge in [-0.05, 0) is 29.8 Å². The van der Waals surface area contributed by atoms with Crippen LogP contribution in [0, 0.1) is 11.3 Å². The number of anilines is 1. The molecule has 0 spiro atoms. The van der Waals surface area contributed by atoms with Crippen LogP contribution in [0.25, 0.3) is 11.4 Å². The monoisotopic (exact) mass is 420 g/mol. The van der Waals surface area contributed by atoms with Crippen LogP contribution in [-0.4, -0.2) is 38.0 Å². The Labute approximate surface area is 177 Å². The Kier molecular flexibility index (Phi) is 5.21. The molecule has 1 N–H and O–H groups in total. The van der Waals surface area contributed by atoms with E-state index in [0.29, 0.717) is 53.0 Å². The summed E-state index contributed by atoms with van der Waals surface area (Å²) >= 11 is 6.01. The lowest BCUT2D eigenvalue weighted by atomic mass is 10.1. The number of aromatic nitrogens is 3. The SMILES string of the molecule is CC(=O)Nc1cc(Cl)cnc1-c1cc2n(n1)CCN(Cc1ccc(C#N)cc1)C2=O. The first-order valence-corrected chi connectivity index (χ1v) is 9.62. The number of pyridine rings is 1. The van der Waals surface area contributed by atoms with E-state index in [1.54, 1.807) is 33.8 Å². The van der Waals surface area contributed by atoms with Gasteiger partial charge in [-0.25, -0.2) is 0 Å². The van der Waals surface area contributed by atoms with Crippen molar-refractivity contribution < 1.29 is 9.59 Å². The number of hydrogen-bond acceptors (Lipinski definition) is 5. The van der Waals surface area contributed by atoms with Gasteiger partial charge in [0, 0.05) is 26.2 Å². The molecule has 0 aliphatic carbocycles. The van der Waals surface area contributed by atoms with Crippen LogP contribution in [-0.2, 0) is 17.9 Å². The molecule has 0 bridgehead atoms. The van der Waals surface area contributed by atoms with Crippen molar-refractivity contribution in [2.75, 3.05) is 11.9 Å². The Hall–Kier alpha value is -3.70. The predicted molar refractivity (Wildman–Crippen MR) is 111 cm³/mol. The molecule has 150 valence electrons. The lowest BCUT2D eigenvalue weighted by molar-refractivity contribution is -0.114. The van der Waals surface area contributed by atoms with Gasteiger partial charge in [-0.15, -0.1) is 0 Å². The maximum Gasteiger partial charge on any atom is 0.272 e. The highest BCUT2D eigenvalue weighted by atomic mass is 35.5. The second-order valence-corrected chi connectivity index (χ2v) is 7.34. The largest absolute Gasteiger partial charge is 0.331 e. The number of benzene rings is 1. The molecule has 2 aromatic heterocycles. The lowest BCUT2D eigenvalue weighted by Crippen LogP contribution is -2.39. The van der Waals surface area contributed by atoms with Crippen LogP contribution >= 0.6 is 11.6 Å². The number of halogens is 1. The highest BCUT2D eigenvalue weighted by Crippen LogP contribution is 2.29. The average Bonchev–Trinajstić information content (AvgIpc) is 3.15. The minimum atomic E-state index is -0.256. The highest BCUT2D eigenvalue weighted by Gasteiger charge is 2.27. The number of amides is 2.